The minimum absolute atomic E-state index is 0.0545. The maximum Gasteiger partial charge on any atom is 0.410 e. The van der Waals surface area contributed by atoms with Gasteiger partial charge in [0.15, 0.2) is 0 Å². The fourth-order valence-corrected chi connectivity index (χ4v) is 4.03. The summed E-state index contributed by atoms with van der Waals surface area (Å²) in [6, 6.07) is 4.52. The molecule has 3 heterocycles. The van der Waals surface area contributed by atoms with E-state index < -0.39 is 11.4 Å². The Labute approximate surface area is 208 Å². The fraction of sp³-hybridized carbons (Fsp3) is 0.440. The number of para-hydroxylation sites is 1. The number of amides is 1. The first-order valence-corrected chi connectivity index (χ1v) is 11.7. The first kappa shape index (κ1) is 25.4. The Morgan fingerprint density at radius 2 is 2.14 bits per heavy atom. The van der Waals surface area contributed by atoms with Crippen LogP contribution in [-0.2, 0) is 22.6 Å². The molecule has 11 heteroatoms. The Morgan fingerprint density at radius 1 is 1.33 bits per heavy atom. The predicted octanol–water partition coefficient (Wildman–Crippen LogP) is 4.35. The topological polar surface area (TPSA) is 115 Å². The van der Waals surface area contributed by atoms with E-state index in [9.17, 15) is 9.18 Å². The normalized spacial score (nSPS) is 17.9. The van der Waals surface area contributed by atoms with E-state index in [-0.39, 0.29) is 29.5 Å². The monoisotopic (exact) mass is 498 g/mol. The molecule has 192 valence electrons. The van der Waals surface area contributed by atoms with Crippen LogP contribution in [0.4, 0.5) is 21.0 Å². The molecule has 3 aromatic rings. The zero-order chi connectivity index (χ0) is 25.9. The van der Waals surface area contributed by atoms with Crippen molar-refractivity contribution in [1.29, 1.82) is 0 Å². The van der Waals surface area contributed by atoms with Gasteiger partial charge in [-0.25, -0.2) is 14.2 Å². The molecule has 0 radical (unpaired) electrons. The number of likely N-dealkylation sites (tertiary alicyclic amines) is 1. The Bertz CT molecular complexity index is 1240. The van der Waals surface area contributed by atoms with Crippen LogP contribution in [0.2, 0.25) is 0 Å². The van der Waals surface area contributed by atoms with Gasteiger partial charge in [-0.15, -0.1) is 6.58 Å². The fourth-order valence-electron chi connectivity index (χ4n) is 4.03. The second-order valence-corrected chi connectivity index (χ2v) is 9.64. The van der Waals surface area contributed by atoms with Gasteiger partial charge in [-0.1, -0.05) is 17.3 Å². The molecule has 0 saturated carbocycles. The van der Waals surface area contributed by atoms with Crippen LogP contribution in [0.1, 0.15) is 32.0 Å². The highest BCUT2D eigenvalue weighted by atomic mass is 19.1. The van der Waals surface area contributed by atoms with Gasteiger partial charge >= 0.3 is 6.09 Å². The van der Waals surface area contributed by atoms with Gasteiger partial charge in [0.05, 0.1) is 12.6 Å². The number of ether oxygens (including phenoxy) is 2. The number of rotatable bonds is 8. The summed E-state index contributed by atoms with van der Waals surface area (Å²) < 4.78 is 30.4. The highest BCUT2D eigenvalue weighted by Crippen LogP contribution is 2.29. The van der Waals surface area contributed by atoms with Crippen molar-refractivity contribution < 1.29 is 23.2 Å². The molecule has 36 heavy (non-hydrogen) atoms. The predicted molar refractivity (Wildman–Crippen MR) is 133 cm³/mol. The number of nitrogens with zero attached hydrogens (tertiary/aromatic N) is 4. The minimum atomic E-state index is -0.596. The van der Waals surface area contributed by atoms with Crippen LogP contribution < -0.4 is 10.6 Å². The number of fused-ring (bicyclic) bond motifs is 1. The van der Waals surface area contributed by atoms with Gasteiger partial charge in [-0.2, -0.15) is 4.98 Å². The largest absolute Gasteiger partial charge is 0.444 e. The molecule has 1 amide bonds. The number of halogens is 1. The van der Waals surface area contributed by atoms with Gasteiger partial charge in [0, 0.05) is 43.6 Å². The third-order valence-electron chi connectivity index (χ3n) is 5.77. The van der Waals surface area contributed by atoms with Crippen LogP contribution in [-0.4, -0.2) is 58.0 Å². The highest BCUT2D eigenvalue weighted by molar-refractivity contribution is 5.90. The lowest BCUT2D eigenvalue weighted by atomic mass is 10.0. The second-order valence-electron chi connectivity index (χ2n) is 9.64. The van der Waals surface area contributed by atoms with E-state index in [0.717, 1.165) is 5.56 Å². The summed E-state index contributed by atoms with van der Waals surface area (Å²) >= 11 is 0. The third-order valence-corrected chi connectivity index (χ3v) is 5.77. The van der Waals surface area contributed by atoms with Crippen LogP contribution in [0.3, 0.4) is 0 Å². The van der Waals surface area contributed by atoms with E-state index >= 15 is 0 Å². The van der Waals surface area contributed by atoms with Crippen molar-refractivity contribution in [3.05, 3.63) is 54.2 Å². The van der Waals surface area contributed by atoms with Crippen LogP contribution in [0, 0.1) is 11.7 Å². The standard InChI is InChI=1S/C25H31FN6O4/c1-6-15-11-32(24(33)36-25(2,3)4)12-19(15)28-22-17-8-7-9-18(26)21(17)29-23(30-22)27-10-16-13-35-31-20(16)14-34-5/h6-9,13,15,19H,1,10-12,14H2,2-5H3,(H2,27,28,29,30)/t15-,19+/m0/s1. The van der Waals surface area contributed by atoms with Gasteiger partial charge in [0.1, 0.15) is 34.7 Å². The summed E-state index contributed by atoms with van der Waals surface area (Å²) in [5.41, 5.74) is 1.01. The maximum absolute atomic E-state index is 14.7. The smallest absolute Gasteiger partial charge is 0.410 e. The summed E-state index contributed by atoms with van der Waals surface area (Å²) in [4.78, 5) is 23.3. The maximum atomic E-state index is 14.7. The molecule has 0 spiro atoms. The highest BCUT2D eigenvalue weighted by Gasteiger charge is 2.36. The summed E-state index contributed by atoms with van der Waals surface area (Å²) in [6.45, 7) is 10.9. The number of hydrogen-bond acceptors (Lipinski definition) is 9. The van der Waals surface area contributed by atoms with Crippen molar-refractivity contribution in [3.8, 4) is 0 Å². The van der Waals surface area contributed by atoms with Crippen molar-refractivity contribution in [2.75, 3.05) is 30.8 Å². The van der Waals surface area contributed by atoms with Crippen LogP contribution in [0.25, 0.3) is 10.9 Å². The molecule has 1 aliphatic heterocycles. The molecule has 1 saturated heterocycles. The summed E-state index contributed by atoms with van der Waals surface area (Å²) in [5, 5.41) is 11.0. The van der Waals surface area contributed by atoms with Crippen LogP contribution in [0.5, 0.6) is 0 Å². The van der Waals surface area contributed by atoms with Crippen molar-refractivity contribution >= 4 is 28.8 Å². The summed E-state index contributed by atoms with van der Waals surface area (Å²) in [6.07, 6.45) is 2.93. The van der Waals surface area contributed by atoms with Gasteiger partial charge in [0.25, 0.3) is 0 Å². The third kappa shape index (κ3) is 5.73. The van der Waals surface area contributed by atoms with E-state index in [4.69, 9.17) is 14.0 Å². The lowest BCUT2D eigenvalue weighted by Gasteiger charge is -2.24. The minimum Gasteiger partial charge on any atom is -0.444 e. The average Bonchev–Trinajstić information content (AvgIpc) is 3.44. The Kier molecular flexibility index (Phi) is 7.39. The molecule has 2 aromatic heterocycles. The van der Waals surface area contributed by atoms with Crippen molar-refractivity contribution in [2.45, 2.75) is 45.6 Å². The molecule has 4 rings (SSSR count). The quantitative estimate of drug-likeness (QED) is 0.438. The lowest BCUT2D eigenvalue weighted by molar-refractivity contribution is 0.0290. The number of anilines is 2. The SMILES string of the molecule is C=C[C@H]1CN(C(=O)OC(C)(C)C)C[C@H]1Nc1nc(NCc2conc2COC)nc2c(F)cccc12. The molecule has 1 aliphatic rings. The van der Waals surface area contributed by atoms with Crippen molar-refractivity contribution in [3.63, 3.8) is 0 Å². The summed E-state index contributed by atoms with van der Waals surface area (Å²) in [7, 11) is 1.57. The molecular weight excluding hydrogens is 467 g/mol. The molecule has 1 aromatic carbocycles. The first-order chi connectivity index (χ1) is 17.2. The molecular formula is C25H31FN6O4. The zero-order valence-electron chi connectivity index (χ0n) is 20.9. The van der Waals surface area contributed by atoms with Gasteiger partial charge < -0.3 is 29.5 Å². The molecule has 0 unspecified atom stereocenters. The Morgan fingerprint density at radius 3 is 2.86 bits per heavy atom. The number of carbonyl (C=O) groups is 1. The lowest BCUT2D eigenvalue weighted by Crippen LogP contribution is -2.36. The van der Waals surface area contributed by atoms with E-state index in [2.05, 4.69) is 32.3 Å². The number of benzene rings is 1. The van der Waals surface area contributed by atoms with Crippen molar-refractivity contribution in [1.82, 2.24) is 20.0 Å². The van der Waals surface area contributed by atoms with Gasteiger partial charge in [0.2, 0.25) is 5.95 Å². The number of hydrogen-bond donors (Lipinski definition) is 2. The van der Waals surface area contributed by atoms with E-state index in [1.54, 1.807) is 30.2 Å². The van der Waals surface area contributed by atoms with E-state index in [1.165, 1.54) is 12.3 Å². The van der Waals surface area contributed by atoms with E-state index in [1.807, 2.05) is 20.8 Å². The molecule has 0 bridgehead atoms. The van der Waals surface area contributed by atoms with Crippen LogP contribution >= 0.6 is 0 Å². The average molecular weight is 499 g/mol. The Balaban J connectivity index is 1.58. The van der Waals surface area contributed by atoms with Crippen LogP contribution in [0.15, 0.2) is 41.6 Å². The zero-order valence-corrected chi connectivity index (χ0v) is 20.9. The van der Waals surface area contributed by atoms with Gasteiger partial charge in [-0.05, 0) is 32.9 Å². The second kappa shape index (κ2) is 10.5. The molecule has 0 aliphatic carbocycles. The summed E-state index contributed by atoms with van der Waals surface area (Å²) in [5.74, 6) is 0.165. The Hall–Kier alpha value is -3.73. The number of carbonyl (C=O) groups excluding carboxylic acids is 1. The molecule has 2 atom stereocenters. The van der Waals surface area contributed by atoms with E-state index in [0.29, 0.717) is 43.1 Å². The molecule has 1 fully saturated rings. The molecule has 2 N–H and O–H groups in total. The molecule has 10 nitrogen and oxygen atoms in total. The van der Waals surface area contributed by atoms with Crippen molar-refractivity contribution in [2.24, 2.45) is 5.92 Å². The number of nitrogens with one attached hydrogen (secondary N) is 2. The van der Waals surface area contributed by atoms with Gasteiger partial charge in [-0.3, -0.25) is 0 Å². The first-order valence-electron chi connectivity index (χ1n) is 11.7. The number of methoxy groups -OCH3 is 1. The number of aromatic nitrogens is 3.